The third kappa shape index (κ3) is 3.32. The molecule has 7 heteroatoms. The van der Waals surface area contributed by atoms with Crippen molar-refractivity contribution in [2.45, 2.75) is 25.9 Å². The number of anilines is 1. The van der Waals surface area contributed by atoms with Crippen molar-refractivity contribution in [2.75, 3.05) is 18.0 Å². The zero-order valence-electron chi connectivity index (χ0n) is 11.9. The third-order valence-corrected chi connectivity index (χ3v) is 4.67. The van der Waals surface area contributed by atoms with Gasteiger partial charge in [0.1, 0.15) is 0 Å². The Morgan fingerprint density at radius 1 is 1.29 bits per heavy atom. The summed E-state index contributed by atoms with van der Waals surface area (Å²) in [5.74, 6) is 1.51. The first-order valence-corrected chi connectivity index (χ1v) is 8.37. The predicted octanol–water partition coefficient (Wildman–Crippen LogP) is 2.92. The van der Waals surface area contributed by atoms with Gasteiger partial charge in [-0.1, -0.05) is 11.6 Å². The van der Waals surface area contributed by atoms with Crippen molar-refractivity contribution in [1.29, 1.82) is 0 Å². The summed E-state index contributed by atoms with van der Waals surface area (Å²) in [5.41, 5.74) is 0.984. The van der Waals surface area contributed by atoms with Crippen LogP contribution in [0.4, 0.5) is 5.95 Å². The second-order valence-corrected chi connectivity index (χ2v) is 7.08. The Morgan fingerprint density at radius 3 is 2.71 bits per heavy atom. The maximum absolute atomic E-state index is 6.08. The first kappa shape index (κ1) is 15.1. The number of aromatic nitrogens is 3. The van der Waals surface area contributed by atoms with Gasteiger partial charge in [-0.3, -0.25) is 5.10 Å². The minimum Gasteiger partial charge on any atom is -0.336 e. The molecule has 1 fully saturated rings. The molecule has 1 aliphatic heterocycles. The Morgan fingerprint density at radius 2 is 2.00 bits per heavy atom. The molecule has 2 aromatic rings. The van der Waals surface area contributed by atoms with Crippen LogP contribution in [0.3, 0.4) is 0 Å². The molecule has 0 saturated carbocycles. The lowest BCUT2D eigenvalue weighted by atomic mass is 10.1. The van der Waals surface area contributed by atoms with E-state index in [4.69, 9.17) is 11.6 Å². The van der Waals surface area contributed by atoms with Gasteiger partial charge in [-0.15, -0.1) is 5.10 Å². The van der Waals surface area contributed by atoms with Crippen molar-refractivity contribution >= 4 is 40.1 Å². The number of aromatic amines is 1. The lowest BCUT2D eigenvalue weighted by Gasteiger charge is -2.35. The van der Waals surface area contributed by atoms with E-state index in [1.54, 1.807) is 0 Å². The highest BCUT2D eigenvalue weighted by Gasteiger charge is 2.24. The van der Waals surface area contributed by atoms with Crippen LogP contribution in [0.2, 0.25) is 5.02 Å². The molecule has 112 valence electrons. The molecule has 1 aromatic carbocycles. The standard InChI is InChI=1S/C14H17ClIN5/c1-8-6-21(7-9(2)17-8)14-18-13(19-20-14)11-5-10(15)3-4-12(11)16/h3-5,8-9,17H,6-7H2,1-2H3,(H,18,19,20). The van der Waals surface area contributed by atoms with E-state index in [1.165, 1.54) is 0 Å². The van der Waals surface area contributed by atoms with Crippen molar-refractivity contribution in [3.63, 3.8) is 0 Å². The van der Waals surface area contributed by atoms with E-state index in [9.17, 15) is 0 Å². The minimum absolute atomic E-state index is 0.432. The van der Waals surface area contributed by atoms with Crippen LogP contribution in [0.5, 0.6) is 0 Å². The Balaban J connectivity index is 1.88. The van der Waals surface area contributed by atoms with Crippen LogP contribution in [0.25, 0.3) is 11.4 Å². The van der Waals surface area contributed by atoms with Gasteiger partial charge in [-0.25, -0.2) is 0 Å². The maximum Gasteiger partial charge on any atom is 0.245 e. The fourth-order valence-corrected chi connectivity index (χ4v) is 3.45. The van der Waals surface area contributed by atoms with Crippen LogP contribution >= 0.6 is 34.2 Å². The number of halogens is 2. The molecule has 1 saturated heterocycles. The van der Waals surface area contributed by atoms with Crippen LogP contribution in [0, 0.1) is 3.57 Å². The van der Waals surface area contributed by atoms with E-state index in [0.29, 0.717) is 17.1 Å². The summed E-state index contributed by atoms with van der Waals surface area (Å²) < 4.78 is 1.10. The fraction of sp³-hybridized carbons (Fsp3) is 0.429. The zero-order chi connectivity index (χ0) is 15.0. The highest BCUT2D eigenvalue weighted by molar-refractivity contribution is 14.1. The second-order valence-electron chi connectivity index (χ2n) is 5.48. The largest absolute Gasteiger partial charge is 0.336 e. The van der Waals surface area contributed by atoms with Crippen molar-refractivity contribution in [2.24, 2.45) is 0 Å². The summed E-state index contributed by atoms with van der Waals surface area (Å²) in [7, 11) is 0. The fourth-order valence-electron chi connectivity index (χ4n) is 2.68. The van der Waals surface area contributed by atoms with E-state index in [0.717, 1.165) is 34.0 Å². The molecule has 0 amide bonds. The quantitative estimate of drug-likeness (QED) is 0.738. The number of nitrogens with one attached hydrogen (secondary N) is 2. The van der Waals surface area contributed by atoms with Crippen molar-refractivity contribution < 1.29 is 0 Å². The summed E-state index contributed by atoms with van der Waals surface area (Å²) in [6, 6.07) is 6.64. The first-order chi connectivity index (χ1) is 10.0. The van der Waals surface area contributed by atoms with Crippen molar-refractivity contribution in [1.82, 2.24) is 20.5 Å². The van der Waals surface area contributed by atoms with Gasteiger partial charge in [0.15, 0.2) is 5.82 Å². The molecule has 1 aromatic heterocycles. The number of rotatable bonds is 2. The van der Waals surface area contributed by atoms with Crippen molar-refractivity contribution in [3.8, 4) is 11.4 Å². The highest BCUT2D eigenvalue weighted by Crippen LogP contribution is 2.27. The third-order valence-electron chi connectivity index (χ3n) is 3.50. The monoisotopic (exact) mass is 417 g/mol. The molecular weight excluding hydrogens is 401 g/mol. The molecule has 5 nitrogen and oxygen atoms in total. The minimum atomic E-state index is 0.432. The summed E-state index contributed by atoms with van der Waals surface area (Å²) in [5, 5.41) is 11.6. The molecule has 2 N–H and O–H groups in total. The molecule has 0 bridgehead atoms. The Labute approximate surface area is 142 Å². The smallest absolute Gasteiger partial charge is 0.245 e. The van der Waals surface area contributed by atoms with Crippen LogP contribution < -0.4 is 10.2 Å². The van der Waals surface area contributed by atoms with E-state index < -0.39 is 0 Å². The molecule has 2 unspecified atom stereocenters. The van der Waals surface area contributed by atoms with Gasteiger partial charge >= 0.3 is 0 Å². The maximum atomic E-state index is 6.08. The Hall–Kier alpha value is -0.860. The van der Waals surface area contributed by atoms with Gasteiger partial charge in [-0.05, 0) is 54.6 Å². The van der Waals surface area contributed by atoms with Gasteiger partial charge in [0.2, 0.25) is 5.95 Å². The predicted molar refractivity (Wildman–Crippen MR) is 93.8 cm³/mol. The van der Waals surface area contributed by atoms with Gasteiger partial charge in [-0.2, -0.15) is 4.98 Å². The topological polar surface area (TPSA) is 56.8 Å². The number of piperazine rings is 1. The molecule has 2 heterocycles. The number of H-pyrrole nitrogens is 1. The lowest BCUT2D eigenvalue weighted by Crippen LogP contribution is -2.54. The van der Waals surface area contributed by atoms with Gasteiger partial charge in [0.25, 0.3) is 0 Å². The number of hydrogen-bond donors (Lipinski definition) is 2. The second kappa shape index (κ2) is 6.10. The van der Waals surface area contributed by atoms with E-state index >= 15 is 0 Å². The molecule has 0 spiro atoms. The SMILES string of the molecule is CC1CN(c2n[nH]c(-c3cc(Cl)ccc3I)n2)CC(C)N1. The lowest BCUT2D eigenvalue weighted by molar-refractivity contribution is 0.403. The van der Waals surface area contributed by atoms with E-state index in [-0.39, 0.29) is 0 Å². The van der Waals surface area contributed by atoms with E-state index in [2.05, 4.69) is 61.8 Å². The Bertz CT molecular complexity index is 634. The van der Waals surface area contributed by atoms with Crippen molar-refractivity contribution in [3.05, 3.63) is 26.8 Å². The molecule has 0 radical (unpaired) electrons. The molecule has 2 atom stereocenters. The first-order valence-electron chi connectivity index (χ1n) is 6.92. The van der Waals surface area contributed by atoms with Crippen LogP contribution in [-0.4, -0.2) is 40.4 Å². The molecule has 1 aliphatic rings. The van der Waals surface area contributed by atoms with Gasteiger partial charge in [0.05, 0.1) is 0 Å². The number of nitrogens with zero attached hydrogens (tertiary/aromatic N) is 3. The zero-order valence-corrected chi connectivity index (χ0v) is 14.8. The van der Waals surface area contributed by atoms with Gasteiger partial charge in [0, 0.05) is 39.3 Å². The average Bonchev–Trinajstić information content (AvgIpc) is 2.90. The summed E-state index contributed by atoms with van der Waals surface area (Å²) in [4.78, 5) is 6.85. The van der Waals surface area contributed by atoms with Crippen LogP contribution in [0.1, 0.15) is 13.8 Å². The molecular formula is C14H17ClIN5. The molecule has 21 heavy (non-hydrogen) atoms. The highest BCUT2D eigenvalue weighted by atomic mass is 127. The Kier molecular flexibility index (Phi) is 4.37. The average molecular weight is 418 g/mol. The van der Waals surface area contributed by atoms with Crippen LogP contribution in [0.15, 0.2) is 18.2 Å². The molecule has 0 aliphatic carbocycles. The normalized spacial score (nSPS) is 22.6. The summed E-state index contributed by atoms with van der Waals surface area (Å²) >= 11 is 8.36. The van der Waals surface area contributed by atoms with E-state index in [1.807, 2.05) is 18.2 Å². The molecule has 3 rings (SSSR count). The number of benzene rings is 1. The summed E-state index contributed by atoms with van der Waals surface area (Å²) in [6.07, 6.45) is 0. The van der Waals surface area contributed by atoms with Gasteiger partial charge < -0.3 is 10.2 Å². The summed E-state index contributed by atoms with van der Waals surface area (Å²) in [6.45, 7) is 6.18. The number of hydrogen-bond acceptors (Lipinski definition) is 4. The van der Waals surface area contributed by atoms with Crippen LogP contribution in [-0.2, 0) is 0 Å².